The number of hydrogen-bond acceptors (Lipinski definition) is 7. The van der Waals surface area contributed by atoms with Crippen molar-refractivity contribution in [2.75, 3.05) is 12.4 Å². The monoisotopic (exact) mass is 323 g/mol. The van der Waals surface area contributed by atoms with Crippen LogP contribution in [0.3, 0.4) is 0 Å². The second kappa shape index (κ2) is 6.27. The van der Waals surface area contributed by atoms with Gasteiger partial charge in [0.2, 0.25) is 0 Å². The van der Waals surface area contributed by atoms with Gasteiger partial charge in [0.15, 0.2) is 10.9 Å². The van der Waals surface area contributed by atoms with Crippen LogP contribution in [0, 0.1) is 13.8 Å². The van der Waals surface area contributed by atoms with Crippen molar-refractivity contribution < 1.29 is 18.8 Å². The van der Waals surface area contributed by atoms with Crippen molar-refractivity contribution in [3.05, 3.63) is 27.6 Å². The number of aromatic nitrogens is 2. The molecule has 0 radical (unpaired) electrons. The van der Waals surface area contributed by atoms with E-state index in [9.17, 15) is 9.59 Å². The lowest BCUT2D eigenvalue weighted by atomic mass is 10.0. The molecule has 2 aromatic heterocycles. The zero-order valence-electron chi connectivity index (χ0n) is 13.0. The highest BCUT2D eigenvalue weighted by Crippen LogP contribution is 2.26. The lowest BCUT2D eigenvalue weighted by Gasteiger charge is -2.04. The Morgan fingerprint density at radius 2 is 1.95 bits per heavy atom. The molecule has 0 unspecified atom stereocenters. The van der Waals surface area contributed by atoms with E-state index in [2.05, 4.69) is 20.2 Å². The Morgan fingerprint density at radius 1 is 1.27 bits per heavy atom. The van der Waals surface area contributed by atoms with Crippen LogP contribution >= 0.6 is 11.3 Å². The molecule has 0 aliphatic heterocycles. The maximum atomic E-state index is 12.4. The average Bonchev–Trinajstić information content (AvgIpc) is 3.01. The first kappa shape index (κ1) is 16.2. The van der Waals surface area contributed by atoms with Gasteiger partial charge in [-0.3, -0.25) is 10.1 Å². The Balaban J connectivity index is 2.27. The van der Waals surface area contributed by atoms with Crippen LogP contribution in [0.15, 0.2) is 4.52 Å². The van der Waals surface area contributed by atoms with Gasteiger partial charge >= 0.3 is 5.97 Å². The average molecular weight is 323 g/mol. The number of carbonyl (C=O) groups excluding carboxylic acids is 2. The summed E-state index contributed by atoms with van der Waals surface area (Å²) in [6, 6.07) is 0. The molecule has 8 heteroatoms. The van der Waals surface area contributed by atoms with Gasteiger partial charge in [-0.05, 0) is 13.8 Å². The summed E-state index contributed by atoms with van der Waals surface area (Å²) in [6.07, 6.45) is 0. The van der Waals surface area contributed by atoms with Crippen LogP contribution in [0.5, 0.6) is 0 Å². The normalized spacial score (nSPS) is 10.8. The minimum absolute atomic E-state index is 0.0330. The number of carbonyl (C=O) groups is 2. The Bertz CT molecular complexity index is 718. The number of amides is 1. The third-order valence-corrected chi connectivity index (χ3v) is 4.08. The van der Waals surface area contributed by atoms with E-state index in [1.165, 1.54) is 7.11 Å². The number of esters is 1. The van der Waals surface area contributed by atoms with Gasteiger partial charge in [0, 0.05) is 5.92 Å². The molecule has 118 valence electrons. The largest absolute Gasteiger partial charge is 0.465 e. The second-order valence-corrected chi connectivity index (χ2v) is 6.04. The van der Waals surface area contributed by atoms with Crippen molar-refractivity contribution in [3.63, 3.8) is 0 Å². The molecule has 22 heavy (non-hydrogen) atoms. The van der Waals surface area contributed by atoms with Crippen molar-refractivity contribution in [1.29, 1.82) is 0 Å². The van der Waals surface area contributed by atoms with E-state index in [1.54, 1.807) is 13.8 Å². The Labute approximate surface area is 131 Å². The number of anilines is 1. The van der Waals surface area contributed by atoms with Crippen LogP contribution in [0.2, 0.25) is 0 Å². The highest BCUT2D eigenvalue weighted by atomic mass is 32.1. The molecule has 2 heterocycles. The maximum absolute atomic E-state index is 12.4. The van der Waals surface area contributed by atoms with Gasteiger partial charge in [-0.25, -0.2) is 9.78 Å². The fraction of sp³-hybridized carbons (Fsp3) is 0.429. The van der Waals surface area contributed by atoms with Gasteiger partial charge < -0.3 is 9.26 Å². The van der Waals surface area contributed by atoms with Gasteiger partial charge in [0.1, 0.15) is 10.4 Å². The van der Waals surface area contributed by atoms with E-state index in [1.807, 2.05) is 13.8 Å². The molecule has 1 N–H and O–H groups in total. The van der Waals surface area contributed by atoms with Crippen LogP contribution in [-0.2, 0) is 4.74 Å². The summed E-state index contributed by atoms with van der Waals surface area (Å²) >= 11 is 1.07. The summed E-state index contributed by atoms with van der Waals surface area (Å²) in [5, 5.41) is 6.85. The van der Waals surface area contributed by atoms with E-state index in [-0.39, 0.29) is 11.8 Å². The third kappa shape index (κ3) is 3.01. The maximum Gasteiger partial charge on any atom is 0.350 e. The predicted octanol–water partition coefficient (Wildman–Crippen LogP) is 2.91. The summed E-state index contributed by atoms with van der Waals surface area (Å²) in [6.45, 7) is 7.22. The zero-order valence-corrected chi connectivity index (χ0v) is 13.8. The highest BCUT2D eigenvalue weighted by molar-refractivity contribution is 7.17. The molecule has 0 bridgehead atoms. The SMILES string of the molecule is COC(=O)c1sc(NC(=O)c2c(C)noc2C(C)C)nc1C. The number of thiazole rings is 1. The van der Waals surface area contributed by atoms with Gasteiger partial charge in [-0.2, -0.15) is 0 Å². The number of aryl methyl sites for hydroxylation is 2. The standard InChI is InChI=1S/C14H17N3O4S/c1-6(2)10-9(7(3)17-21-10)12(18)16-14-15-8(4)11(22-14)13(19)20-5/h6H,1-5H3,(H,15,16,18). The minimum atomic E-state index is -0.473. The molecular weight excluding hydrogens is 306 g/mol. The molecule has 1 amide bonds. The number of nitrogens with one attached hydrogen (secondary N) is 1. The summed E-state index contributed by atoms with van der Waals surface area (Å²) in [5.74, 6) is -0.269. The molecule has 0 saturated carbocycles. The molecule has 0 saturated heterocycles. The van der Waals surface area contributed by atoms with Gasteiger partial charge in [0.05, 0.1) is 18.5 Å². The van der Waals surface area contributed by atoms with Crippen molar-refractivity contribution in [3.8, 4) is 0 Å². The fourth-order valence-electron chi connectivity index (χ4n) is 1.95. The number of rotatable bonds is 4. The zero-order chi connectivity index (χ0) is 16.4. The summed E-state index contributed by atoms with van der Waals surface area (Å²) in [4.78, 5) is 28.5. The highest BCUT2D eigenvalue weighted by Gasteiger charge is 2.24. The van der Waals surface area contributed by atoms with E-state index < -0.39 is 5.97 Å². The number of hydrogen-bond donors (Lipinski definition) is 1. The molecular formula is C14H17N3O4S. The Hall–Kier alpha value is -2.22. The van der Waals surface area contributed by atoms with Crippen LogP contribution in [0.4, 0.5) is 5.13 Å². The van der Waals surface area contributed by atoms with Crippen molar-refractivity contribution in [2.24, 2.45) is 0 Å². The van der Waals surface area contributed by atoms with Gasteiger partial charge in [0.25, 0.3) is 5.91 Å². The van der Waals surface area contributed by atoms with E-state index in [0.29, 0.717) is 32.7 Å². The summed E-state index contributed by atoms with van der Waals surface area (Å²) < 4.78 is 9.87. The minimum Gasteiger partial charge on any atom is -0.465 e. The fourth-order valence-corrected chi connectivity index (χ4v) is 2.83. The number of methoxy groups -OCH3 is 1. The van der Waals surface area contributed by atoms with Crippen molar-refractivity contribution in [1.82, 2.24) is 10.1 Å². The molecule has 2 rings (SSSR count). The van der Waals surface area contributed by atoms with E-state index in [4.69, 9.17) is 4.52 Å². The van der Waals surface area contributed by atoms with Crippen LogP contribution in [0.1, 0.15) is 56.9 Å². The Morgan fingerprint density at radius 3 is 2.55 bits per heavy atom. The molecule has 0 spiro atoms. The molecule has 0 atom stereocenters. The van der Waals surface area contributed by atoms with Crippen molar-refractivity contribution >= 4 is 28.3 Å². The molecule has 7 nitrogen and oxygen atoms in total. The Kier molecular flexibility index (Phi) is 4.60. The lowest BCUT2D eigenvalue weighted by molar-refractivity contribution is 0.0605. The first-order valence-corrected chi connectivity index (χ1v) is 7.50. The topological polar surface area (TPSA) is 94.3 Å². The van der Waals surface area contributed by atoms with E-state index in [0.717, 1.165) is 11.3 Å². The summed E-state index contributed by atoms with van der Waals surface area (Å²) in [7, 11) is 1.30. The first-order valence-electron chi connectivity index (χ1n) is 6.68. The third-order valence-electron chi connectivity index (χ3n) is 3.03. The predicted molar refractivity (Wildman–Crippen MR) is 81.5 cm³/mol. The molecule has 0 fully saturated rings. The smallest absolute Gasteiger partial charge is 0.350 e. The molecule has 0 aromatic carbocycles. The van der Waals surface area contributed by atoms with Crippen LogP contribution in [-0.4, -0.2) is 29.1 Å². The van der Waals surface area contributed by atoms with Crippen LogP contribution < -0.4 is 5.32 Å². The number of nitrogens with zero attached hydrogens (tertiary/aromatic N) is 2. The lowest BCUT2D eigenvalue weighted by Crippen LogP contribution is -2.14. The van der Waals surface area contributed by atoms with Crippen molar-refractivity contribution in [2.45, 2.75) is 33.6 Å². The summed E-state index contributed by atoms with van der Waals surface area (Å²) in [5.41, 5.74) is 1.43. The number of ether oxygens (including phenoxy) is 1. The first-order chi connectivity index (χ1) is 10.3. The van der Waals surface area contributed by atoms with Crippen LogP contribution in [0.25, 0.3) is 0 Å². The van der Waals surface area contributed by atoms with Gasteiger partial charge in [-0.15, -0.1) is 0 Å². The second-order valence-electron chi connectivity index (χ2n) is 5.04. The molecule has 0 aliphatic rings. The van der Waals surface area contributed by atoms with E-state index >= 15 is 0 Å². The molecule has 0 aliphatic carbocycles. The molecule has 2 aromatic rings. The van der Waals surface area contributed by atoms with Gasteiger partial charge in [-0.1, -0.05) is 30.3 Å². The quantitative estimate of drug-likeness (QED) is 0.869.